The predicted octanol–water partition coefficient (Wildman–Crippen LogP) is 8.24. The van der Waals surface area contributed by atoms with Crippen LogP contribution in [0.5, 0.6) is 0 Å². The van der Waals surface area contributed by atoms with Gasteiger partial charge < -0.3 is 9.64 Å². The summed E-state index contributed by atoms with van der Waals surface area (Å²) in [6.07, 6.45) is 22.5. The Labute approximate surface area is 184 Å². The second-order valence-electron chi connectivity index (χ2n) is 9.97. The fraction of sp³-hybridized carbons (Fsp3) is 1.00. The van der Waals surface area contributed by atoms with Crippen LogP contribution < -0.4 is 0 Å². The van der Waals surface area contributed by atoms with Gasteiger partial charge >= 0.3 is 0 Å². The van der Waals surface area contributed by atoms with Crippen molar-refractivity contribution in [2.45, 2.75) is 137 Å². The van der Waals surface area contributed by atoms with Crippen molar-refractivity contribution >= 4 is 0 Å². The van der Waals surface area contributed by atoms with Gasteiger partial charge in [-0.1, -0.05) is 105 Å². The average Bonchev–Trinajstić information content (AvgIpc) is 2.73. The Hall–Kier alpha value is -0.0800. The molecule has 174 valence electrons. The lowest BCUT2D eigenvalue weighted by atomic mass is 9.93. The number of nitrogens with zero attached hydrogens (tertiary/aromatic N) is 1. The van der Waals surface area contributed by atoms with Gasteiger partial charge in [-0.05, 0) is 37.5 Å². The molecule has 0 aromatic carbocycles. The summed E-state index contributed by atoms with van der Waals surface area (Å²) in [5.74, 6) is 1.76. The van der Waals surface area contributed by atoms with E-state index in [9.17, 15) is 0 Å². The fourth-order valence-corrected chi connectivity index (χ4v) is 4.90. The molecular formula is C27H55NO. The standard InChI is InChI=1S/C27H55NO/c1-5-8-11-12-14-15-25(4)24-28-21-18-27(19-22-28)29-23-20-26(16-10-7-3)17-13-9-6-2/h25-27H,5-24H2,1-4H3. The minimum Gasteiger partial charge on any atom is -0.378 e. The third-order valence-electron chi connectivity index (χ3n) is 6.97. The molecule has 1 rings (SSSR count). The molecule has 0 N–H and O–H groups in total. The molecule has 0 saturated carbocycles. The Morgan fingerprint density at radius 3 is 2.00 bits per heavy atom. The van der Waals surface area contributed by atoms with E-state index in [1.165, 1.54) is 122 Å². The molecule has 2 nitrogen and oxygen atoms in total. The molecule has 0 spiro atoms. The highest BCUT2D eigenvalue weighted by atomic mass is 16.5. The highest BCUT2D eigenvalue weighted by Crippen LogP contribution is 2.22. The Morgan fingerprint density at radius 1 is 0.724 bits per heavy atom. The first kappa shape index (κ1) is 27.0. The zero-order valence-corrected chi connectivity index (χ0v) is 20.7. The fourth-order valence-electron chi connectivity index (χ4n) is 4.90. The van der Waals surface area contributed by atoms with Crippen LogP contribution in [0.2, 0.25) is 0 Å². The van der Waals surface area contributed by atoms with Gasteiger partial charge in [-0.2, -0.15) is 0 Å². The van der Waals surface area contributed by atoms with Crippen LogP contribution >= 0.6 is 0 Å². The van der Waals surface area contributed by atoms with Gasteiger partial charge in [0.2, 0.25) is 0 Å². The zero-order valence-electron chi connectivity index (χ0n) is 20.7. The molecule has 0 aromatic rings. The first-order valence-electron chi connectivity index (χ1n) is 13.5. The Balaban J connectivity index is 2.11. The molecule has 1 aliphatic heterocycles. The zero-order chi connectivity index (χ0) is 21.2. The SMILES string of the molecule is CCCCCCCC(C)CN1CCC(OCCC(CCCC)CCCCC)CC1. The first-order chi connectivity index (χ1) is 14.2. The Kier molecular flexibility index (Phi) is 17.4. The van der Waals surface area contributed by atoms with Gasteiger partial charge in [0.05, 0.1) is 6.10 Å². The van der Waals surface area contributed by atoms with Crippen molar-refractivity contribution in [3.63, 3.8) is 0 Å². The molecular weight excluding hydrogens is 354 g/mol. The van der Waals surface area contributed by atoms with E-state index in [0.29, 0.717) is 6.10 Å². The summed E-state index contributed by atoms with van der Waals surface area (Å²) < 4.78 is 6.33. The number of hydrogen-bond acceptors (Lipinski definition) is 2. The summed E-state index contributed by atoms with van der Waals surface area (Å²) >= 11 is 0. The maximum atomic E-state index is 6.33. The van der Waals surface area contributed by atoms with Crippen LogP contribution in [-0.4, -0.2) is 37.2 Å². The maximum Gasteiger partial charge on any atom is 0.0599 e. The van der Waals surface area contributed by atoms with Gasteiger partial charge in [0.15, 0.2) is 0 Å². The van der Waals surface area contributed by atoms with E-state index < -0.39 is 0 Å². The van der Waals surface area contributed by atoms with Gasteiger partial charge in [-0.3, -0.25) is 0 Å². The topological polar surface area (TPSA) is 12.5 Å². The van der Waals surface area contributed by atoms with E-state index in [-0.39, 0.29) is 0 Å². The van der Waals surface area contributed by atoms with E-state index in [1.807, 2.05) is 0 Å². The summed E-state index contributed by atoms with van der Waals surface area (Å²) in [7, 11) is 0. The van der Waals surface area contributed by atoms with Crippen molar-refractivity contribution in [1.29, 1.82) is 0 Å². The molecule has 0 bridgehead atoms. The minimum absolute atomic E-state index is 0.526. The molecule has 1 saturated heterocycles. The van der Waals surface area contributed by atoms with Crippen LogP contribution in [0.25, 0.3) is 0 Å². The van der Waals surface area contributed by atoms with Gasteiger partial charge in [-0.15, -0.1) is 0 Å². The number of piperidine rings is 1. The lowest BCUT2D eigenvalue weighted by molar-refractivity contribution is -0.00139. The molecule has 2 atom stereocenters. The lowest BCUT2D eigenvalue weighted by Gasteiger charge is -2.33. The highest BCUT2D eigenvalue weighted by molar-refractivity contribution is 4.74. The quantitative estimate of drug-likeness (QED) is 0.199. The summed E-state index contributed by atoms with van der Waals surface area (Å²) in [6.45, 7) is 14.2. The molecule has 1 aliphatic rings. The Morgan fingerprint density at radius 2 is 1.31 bits per heavy atom. The van der Waals surface area contributed by atoms with Crippen LogP contribution in [0.4, 0.5) is 0 Å². The van der Waals surface area contributed by atoms with Crippen molar-refractivity contribution < 1.29 is 4.74 Å². The number of ether oxygens (including phenoxy) is 1. The summed E-state index contributed by atoms with van der Waals surface area (Å²) in [4.78, 5) is 2.70. The number of hydrogen-bond donors (Lipinski definition) is 0. The molecule has 1 heterocycles. The van der Waals surface area contributed by atoms with Gasteiger partial charge in [0.25, 0.3) is 0 Å². The van der Waals surface area contributed by atoms with Crippen LogP contribution in [0, 0.1) is 11.8 Å². The second-order valence-corrected chi connectivity index (χ2v) is 9.97. The van der Waals surface area contributed by atoms with Gasteiger partial charge in [-0.25, -0.2) is 0 Å². The highest BCUT2D eigenvalue weighted by Gasteiger charge is 2.21. The second kappa shape index (κ2) is 18.7. The van der Waals surface area contributed by atoms with Crippen molar-refractivity contribution in [3.8, 4) is 0 Å². The first-order valence-corrected chi connectivity index (χ1v) is 13.5. The normalized spacial score (nSPS) is 18.2. The van der Waals surface area contributed by atoms with Crippen molar-refractivity contribution in [2.24, 2.45) is 11.8 Å². The van der Waals surface area contributed by atoms with Crippen LogP contribution in [-0.2, 0) is 4.74 Å². The smallest absolute Gasteiger partial charge is 0.0599 e. The largest absolute Gasteiger partial charge is 0.378 e. The molecule has 0 aliphatic carbocycles. The van der Waals surface area contributed by atoms with Crippen molar-refractivity contribution in [3.05, 3.63) is 0 Å². The van der Waals surface area contributed by atoms with Crippen LogP contribution in [0.15, 0.2) is 0 Å². The van der Waals surface area contributed by atoms with Gasteiger partial charge in [0, 0.05) is 26.2 Å². The molecule has 2 heteroatoms. The lowest BCUT2D eigenvalue weighted by Crippen LogP contribution is -2.39. The predicted molar refractivity (Wildman–Crippen MR) is 130 cm³/mol. The van der Waals surface area contributed by atoms with Gasteiger partial charge in [0.1, 0.15) is 0 Å². The monoisotopic (exact) mass is 409 g/mol. The molecule has 0 aromatic heterocycles. The van der Waals surface area contributed by atoms with E-state index in [2.05, 4.69) is 32.6 Å². The summed E-state index contributed by atoms with van der Waals surface area (Å²) in [6, 6.07) is 0. The summed E-state index contributed by atoms with van der Waals surface area (Å²) in [5.41, 5.74) is 0. The minimum atomic E-state index is 0.526. The van der Waals surface area contributed by atoms with Crippen LogP contribution in [0.1, 0.15) is 130 Å². The summed E-state index contributed by atoms with van der Waals surface area (Å²) in [5, 5.41) is 0. The maximum absolute atomic E-state index is 6.33. The van der Waals surface area contributed by atoms with Crippen molar-refractivity contribution in [1.82, 2.24) is 4.90 Å². The third-order valence-corrected chi connectivity index (χ3v) is 6.97. The van der Waals surface area contributed by atoms with E-state index in [0.717, 1.165) is 18.4 Å². The third kappa shape index (κ3) is 14.5. The molecule has 1 fully saturated rings. The van der Waals surface area contributed by atoms with E-state index in [1.54, 1.807) is 0 Å². The number of rotatable bonds is 19. The Bertz CT molecular complexity index is 337. The molecule has 29 heavy (non-hydrogen) atoms. The number of unbranched alkanes of at least 4 members (excludes halogenated alkanes) is 7. The van der Waals surface area contributed by atoms with E-state index in [4.69, 9.17) is 4.74 Å². The molecule has 0 amide bonds. The van der Waals surface area contributed by atoms with Crippen molar-refractivity contribution in [2.75, 3.05) is 26.2 Å². The molecule has 2 unspecified atom stereocenters. The molecule has 0 radical (unpaired) electrons. The number of likely N-dealkylation sites (tertiary alicyclic amines) is 1. The average molecular weight is 410 g/mol. The van der Waals surface area contributed by atoms with E-state index >= 15 is 0 Å². The van der Waals surface area contributed by atoms with Crippen LogP contribution in [0.3, 0.4) is 0 Å².